The molecule has 110 valence electrons. The predicted molar refractivity (Wildman–Crippen MR) is 63.4 cm³/mol. The Morgan fingerprint density at radius 1 is 1.30 bits per heavy atom. The third-order valence-electron chi connectivity index (χ3n) is 2.86. The number of aliphatic imine (C=N–C) groups is 1. The summed E-state index contributed by atoms with van der Waals surface area (Å²) in [6.45, 7) is 1.18. The standard InChI is InChI=1S/C11H15N3O6/c1-5(15)7(10(18)19)12-4-6-8(16)13(2)11(20)14(3)9(6)17/h4-7,15H,1-3H3,(H,18,19)/p-1/t5-,7+/m0/s1. The van der Waals surface area contributed by atoms with Crippen molar-refractivity contribution in [2.45, 2.75) is 19.1 Å². The molecule has 0 aromatic heterocycles. The molecule has 0 aromatic carbocycles. The van der Waals surface area contributed by atoms with Gasteiger partial charge in [-0.3, -0.25) is 24.4 Å². The number of imide groups is 2. The maximum absolute atomic E-state index is 11.8. The van der Waals surface area contributed by atoms with Gasteiger partial charge in [-0.1, -0.05) is 0 Å². The summed E-state index contributed by atoms with van der Waals surface area (Å²) in [5.41, 5.74) is 0. The summed E-state index contributed by atoms with van der Waals surface area (Å²) in [4.78, 5) is 50.7. The molecular formula is C11H14N3O6-. The van der Waals surface area contributed by atoms with E-state index >= 15 is 0 Å². The van der Waals surface area contributed by atoms with Gasteiger partial charge in [0.2, 0.25) is 11.8 Å². The average molecular weight is 284 g/mol. The number of nitrogens with zero attached hydrogens (tertiary/aromatic N) is 3. The molecule has 1 N–H and O–H groups in total. The fourth-order valence-electron chi connectivity index (χ4n) is 1.63. The second-order valence-electron chi connectivity index (χ2n) is 4.36. The molecule has 0 bridgehead atoms. The van der Waals surface area contributed by atoms with Gasteiger partial charge in [-0.05, 0) is 6.92 Å². The first-order valence-corrected chi connectivity index (χ1v) is 5.69. The average Bonchev–Trinajstić information content (AvgIpc) is 2.37. The summed E-state index contributed by atoms with van der Waals surface area (Å²) in [5, 5.41) is 19.9. The van der Waals surface area contributed by atoms with Crippen LogP contribution in [0.1, 0.15) is 6.92 Å². The lowest BCUT2D eigenvalue weighted by Crippen LogP contribution is -2.57. The van der Waals surface area contributed by atoms with Gasteiger partial charge in [0.05, 0.1) is 12.1 Å². The minimum atomic E-state index is -1.63. The highest BCUT2D eigenvalue weighted by Gasteiger charge is 2.41. The number of rotatable bonds is 4. The molecule has 0 aliphatic carbocycles. The van der Waals surface area contributed by atoms with Crippen LogP contribution in [0.2, 0.25) is 0 Å². The summed E-state index contributed by atoms with van der Waals surface area (Å²) in [6.07, 6.45) is -0.528. The first-order valence-electron chi connectivity index (χ1n) is 5.69. The maximum atomic E-state index is 11.8. The number of carbonyl (C=O) groups is 4. The Labute approximate surface area is 114 Å². The van der Waals surface area contributed by atoms with Crippen molar-refractivity contribution in [2.75, 3.05) is 14.1 Å². The highest BCUT2D eigenvalue weighted by Crippen LogP contribution is 2.14. The van der Waals surface area contributed by atoms with Crippen LogP contribution in [-0.4, -0.2) is 71.2 Å². The monoisotopic (exact) mass is 284 g/mol. The van der Waals surface area contributed by atoms with Gasteiger partial charge in [-0.25, -0.2) is 4.79 Å². The Morgan fingerprint density at radius 3 is 2.10 bits per heavy atom. The SMILES string of the molecule is C[C@H](O)[C@@H](N=CC1C(=O)N(C)C(=O)N(C)C1=O)C(=O)[O-]. The number of barbiturate groups is 1. The van der Waals surface area contributed by atoms with Gasteiger partial charge in [0.1, 0.15) is 6.04 Å². The van der Waals surface area contributed by atoms with Crippen molar-refractivity contribution in [1.29, 1.82) is 0 Å². The molecule has 1 aliphatic heterocycles. The summed E-state index contributed by atoms with van der Waals surface area (Å²) < 4.78 is 0. The van der Waals surface area contributed by atoms with E-state index in [0.29, 0.717) is 0 Å². The van der Waals surface area contributed by atoms with Gasteiger partial charge in [-0.2, -0.15) is 0 Å². The molecule has 4 amide bonds. The van der Waals surface area contributed by atoms with Gasteiger partial charge in [0.15, 0.2) is 5.92 Å². The zero-order valence-corrected chi connectivity index (χ0v) is 11.1. The van der Waals surface area contributed by atoms with Crippen molar-refractivity contribution < 1.29 is 29.4 Å². The molecule has 0 radical (unpaired) electrons. The smallest absolute Gasteiger partial charge is 0.332 e. The quantitative estimate of drug-likeness (QED) is 0.439. The Morgan fingerprint density at radius 2 is 1.75 bits per heavy atom. The third kappa shape index (κ3) is 2.82. The van der Waals surface area contributed by atoms with Crippen molar-refractivity contribution in [2.24, 2.45) is 10.9 Å². The number of carbonyl (C=O) groups excluding carboxylic acids is 4. The van der Waals surface area contributed by atoms with Crippen molar-refractivity contribution in [1.82, 2.24) is 9.80 Å². The van der Waals surface area contributed by atoms with Crippen LogP contribution in [0.5, 0.6) is 0 Å². The first kappa shape index (κ1) is 15.8. The Kier molecular flexibility index (Phi) is 4.56. The fourth-order valence-corrected chi connectivity index (χ4v) is 1.63. The minimum absolute atomic E-state index is 0.731. The van der Waals surface area contributed by atoms with Crippen LogP contribution >= 0.6 is 0 Å². The number of hydrogen-bond acceptors (Lipinski definition) is 7. The third-order valence-corrected chi connectivity index (χ3v) is 2.86. The van der Waals surface area contributed by atoms with E-state index in [1.165, 1.54) is 21.0 Å². The van der Waals surface area contributed by atoms with Crippen molar-refractivity contribution in [3.63, 3.8) is 0 Å². The number of carboxylic acids is 1. The molecule has 1 saturated heterocycles. The lowest BCUT2D eigenvalue weighted by Gasteiger charge is -2.31. The zero-order chi connectivity index (χ0) is 15.6. The van der Waals surface area contributed by atoms with Crippen LogP contribution in [-0.2, 0) is 14.4 Å². The van der Waals surface area contributed by atoms with Crippen molar-refractivity contribution in [3.8, 4) is 0 Å². The van der Waals surface area contributed by atoms with E-state index in [0.717, 1.165) is 16.0 Å². The Bertz CT molecular complexity index is 463. The van der Waals surface area contributed by atoms with E-state index in [1.807, 2.05) is 0 Å². The second-order valence-corrected chi connectivity index (χ2v) is 4.36. The van der Waals surface area contributed by atoms with E-state index in [-0.39, 0.29) is 0 Å². The van der Waals surface area contributed by atoms with Gasteiger partial charge in [0.25, 0.3) is 0 Å². The lowest BCUT2D eigenvalue weighted by molar-refractivity contribution is -0.309. The van der Waals surface area contributed by atoms with E-state index in [9.17, 15) is 29.4 Å². The Balaban J connectivity index is 3.00. The predicted octanol–water partition coefficient (Wildman–Crippen LogP) is -2.78. The van der Waals surface area contributed by atoms with E-state index in [1.54, 1.807) is 0 Å². The molecule has 0 saturated carbocycles. The highest BCUT2D eigenvalue weighted by atomic mass is 16.4. The molecule has 9 nitrogen and oxygen atoms in total. The fraction of sp³-hybridized carbons (Fsp3) is 0.545. The van der Waals surface area contributed by atoms with Crippen LogP contribution in [0.15, 0.2) is 4.99 Å². The zero-order valence-electron chi connectivity index (χ0n) is 11.1. The number of amides is 4. The van der Waals surface area contributed by atoms with Gasteiger partial charge < -0.3 is 15.0 Å². The number of aliphatic hydroxyl groups excluding tert-OH is 1. The highest BCUT2D eigenvalue weighted by molar-refractivity contribution is 6.23. The lowest BCUT2D eigenvalue weighted by atomic mass is 10.1. The van der Waals surface area contributed by atoms with Crippen LogP contribution in [0.3, 0.4) is 0 Å². The normalized spacial score (nSPS) is 20.7. The summed E-state index contributed by atoms with van der Waals surface area (Å²) >= 11 is 0. The van der Waals surface area contributed by atoms with Gasteiger partial charge in [0, 0.05) is 20.3 Å². The van der Waals surface area contributed by atoms with Crippen LogP contribution in [0, 0.1) is 5.92 Å². The molecule has 0 unspecified atom stereocenters. The van der Waals surface area contributed by atoms with Crippen LogP contribution in [0.25, 0.3) is 0 Å². The molecule has 0 aromatic rings. The van der Waals surface area contributed by atoms with E-state index < -0.39 is 41.9 Å². The molecule has 1 heterocycles. The number of carboxylic acid groups (broad SMARTS) is 1. The first-order chi connectivity index (χ1) is 9.18. The topological polar surface area (TPSA) is 130 Å². The van der Waals surface area contributed by atoms with Crippen molar-refractivity contribution >= 4 is 30.0 Å². The van der Waals surface area contributed by atoms with Crippen LogP contribution < -0.4 is 5.11 Å². The maximum Gasteiger partial charge on any atom is 0.332 e. The van der Waals surface area contributed by atoms with E-state index in [4.69, 9.17) is 0 Å². The molecule has 1 aliphatic rings. The van der Waals surface area contributed by atoms with Gasteiger partial charge >= 0.3 is 6.03 Å². The summed E-state index contributed by atoms with van der Waals surface area (Å²) in [7, 11) is 2.39. The molecule has 1 fully saturated rings. The number of aliphatic carboxylic acids is 1. The number of aliphatic hydroxyl groups is 1. The summed E-state index contributed by atoms with van der Waals surface area (Å²) in [6, 6.07) is -2.37. The summed E-state index contributed by atoms with van der Waals surface area (Å²) in [5.74, 6) is -4.66. The van der Waals surface area contributed by atoms with Gasteiger partial charge in [-0.15, -0.1) is 0 Å². The van der Waals surface area contributed by atoms with E-state index in [2.05, 4.69) is 4.99 Å². The Hall–Kier alpha value is -2.29. The minimum Gasteiger partial charge on any atom is -0.548 e. The second kappa shape index (κ2) is 5.78. The molecular weight excluding hydrogens is 270 g/mol. The molecule has 9 heteroatoms. The molecule has 2 atom stereocenters. The number of urea groups is 1. The largest absolute Gasteiger partial charge is 0.548 e. The molecule has 0 spiro atoms. The molecule has 20 heavy (non-hydrogen) atoms. The van der Waals surface area contributed by atoms with Crippen molar-refractivity contribution in [3.05, 3.63) is 0 Å². The molecule has 1 rings (SSSR count). The number of hydrogen-bond donors (Lipinski definition) is 1. The van der Waals surface area contributed by atoms with Crippen LogP contribution in [0.4, 0.5) is 4.79 Å².